The number of methoxy groups -OCH3 is 1. The Morgan fingerprint density at radius 1 is 1.22 bits per heavy atom. The maximum Gasteiger partial charge on any atom is 0.450 e. The third kappa shape index (κ3) is 4.13. The number of aromatic nitrogens is 2. The highest BCUT2D eigenvalue weighted by Gasteiger charge is 2.56. The van der Waals surface area contributed by atoms with E-state index in [2.05, 4.69) is 4.98 Å². The lowest BCUT2D eigenvalue weighted by atomic mass is 9.76. The zero-order chi connectivity index (χ0) is 25.7. The van der Waals surface area contributed by atoms with Crippen molar-refractivity contribution in [2.45, 2.75) is 42.9 Å². The third-order valence-corrected chi connectivity index (χ3v) is 7.38. The molecule has 1 spiro atoms. The van der Waals surface area contributed by atoms with Gasteiger partial charge in [-0.1, -0.05) is 12.1 Å². The van der Waals surface area contributed by atoms with Crippen LogP contribution in [0.2, 0.25) is 0 Å². The van der Waals surface area contributed by atoms with Crippen LogP contribution in [0.1, 0.15) is 48.0 Å². The van der Waals surface area contributed by atoms with E-state index in [4.69, 9.17) is 9.47 Å². The molecule has 190 valence electrons. The number of nitrogens with zero attached hydrogens (tertiary/aromatic N) is 2. The molecule has 3 aromatic rings. The van der Waals surface area contributed by atoms with Crippen LogP contribution in [-0.2, 0) is 15.7 Å². The van der Waals surface area contributed by atoms with Crippen LogP contribution >= 0.6 is 0 Å². The van der Waals surface area contributed by atoms with Gasteiger partial charge in [0.1, 0.15) is 11.6 Å². The highest BCUT2D eigenvalue weighted by Crippen LogP contribution is 2.57. The molecule has 1 aromatic heterocycles. The maximum absolute atomic E-state index is 13.6. The summed E-state index contributed by atoms with van der Waals surface area (Å²) in [6.07, 6.45) is -0.912. The van der Waals surface area contributed by atoms with Gasteiger partial charge in [0.2, 0.25) is 5.82 Å². The van der Waals surface area contributed by atoms with Crippen molar-refractivity contribution in [2.75, 3.05) is 13.7 Å². The summed E-state index contributed by atoms with van der Waals surface area (Å²) in [5.41, 5.74) is 0.848. The Labute approximate surface area is 204 Å². The Morgan fingerprint density at radius 2 is 1.97 bits per heavy atom. The van der Waals surface area contributed by atoms with Gasteiger partial charge in [0.25, 0.3) is 0 Å². The smallest absolute Gasteiger partial charge is 0.450 e. The molecule has 4 unspecified atom stereocenters. The van der Waals surface area contributed by atoms with E-state index >= 15 is 0 Å². The topological polar surface area (TPSA) is 73.6 Å². The lowest BCUT2D eigenvalue weighted by Gasteiger charge is -2.33. The molecule has 0 amide bonds. The first-order chi connectivity index (χ1) is 17.1. The number of hydrogen-bond donors (Lipinski definition) is 1. The normalized spacial score (nSPS) is 26.0. The minimum absolute atomic E-state index is 0.242. The highest BCUT2D eigenvalue weighted by molar-refractivity contribution is 5.72. The number of carboxylic acid groups (broad SMARTS) is 1. The molecule has 1 N–H and O–H groups in total. The molecular weight excluding hydrogens is 480 g/mol. The zero-order valence-electron chi connectivity index (χ0n) is 19.3. The van der Waals surface area contributed by atoms with Gasteiger partial charge in [-0.15, -0.1) is 0 Å². The molecule has 10 heteroatoms. The second-order valence-electron chi connectivity index (χ2n) is 9.33. The Hall–Kier alpha value is -3.40. The van der Waals surface area contributed by atoms with Crippen LogP contribution in [-0.4, -0.2) is 39.9 Å². The summed E-state index contributed by atoms with van der Waals surface area (Å²) in [7, 11) is 1.49. The molecule has 2 heterocycles. The van der Waals surface area contributed by atoms with Crippen molar-refractivity contribution in [2.24, 2.45) is 5.92 Å². The van der Waals surface area contributed by atoms with Gasteiger partial charge < -0.3 is 14.6 Å². The third-order valence-electron chi connectivity index (χ3n) is 7.38. The molecular formula is C26H24F4N2O4. The lowest BCUT2D eigenvalue weighted by Crippen LogP contribution is -2.35. The number of benzene rings is 2. The van der Waals surface area contributed by atoms with Gasteiger partial charge in [0.05, 0.1) is 25.2 Å². The van der Waals surface area contributed by atoms with Crippen LogP contribution < -0.4 is 4.74 Å². The average molecular weight is 504 g/mol. The zero-order valence-corrected chi connectivity index (χ0v) is 19.3. The van der Waals surface area contributed by atoms with E-state index in [1.807, 2.05) is 0 Å². The minimum Gasteiger partial charge on any atom is -0.496 e. The summed E-state index contributed by atoms with van der Waals surface area (Å²) in [6.45, 7) is 0.250. The Bertz CT molecular complexity index is 1270. The molecule has 6 nitrogen and oxygen atoms in total. The molecule has 2 aliphatic rings. The van der Waals surface area contributed by atoms with Crippen LogP contribution in [0.15, 0.2) is 54.9 Å². The number of imidazole rings is 1. The Kier molecular flexibility index (Phi) is 6.02. The summed E-state index contributed by atoms with van der Waals surface area (Å²) in [5.74, 6) is -3.30. The molecule has 1 aliphatic heterocycles. The standard InChI is InChI=1S/C26H24F4N2O4/c1-35-21-7-6-18(32-11-10-31-24(32)26(28,29)30)12-20(21)16-13-25(36-14-16)9-8-19(23(33)34)22(25)15-2-4-17(27)5-3-15/h2-7,10-12,16,19,22H,8-9,13-14H2,1H3,(H,33,34). The van der Waals surface area contributed by atoms with Crippen molar-refractivity contribution in [1.82, 2.24) is 9.55 Å². The summed E-state index contributed by atoms with van der Waals surface area (Å²) in [6, 6.07) is 10.6. The SMILES string of the molecule is COc1ccc(-n2ccnc2C(F)(F)F)cc1C1COC2(CCC(C(=O)O)C2c2ccc(F)cc2)C1. The van der Waals surface area contributed by atoms with Crippen LogP contribution in [0.4, 0.5) is 17.6 Å². The van der Waals surface area contributed by atoms with E-state index in [1.54, 1.807) is 24.3 Å². The van der Waals surface area contributed by atoms with E-state index in [0.29, 0.717) is 36.1 Å². The Balaban J connectivity index is 1.51. The van der Waals surface area contributed by atoms with Gasteiger partial charge >= 0.3 is 12.1 Å². The number of rotatable bonds is 5. The second kappa shape index (κ2) is 8.92. The predicted octanol–water partition coefficient (Wildman–Crippen LogP) is 5.56. The lowest BCUT2D eigenvalue weighted by molar-refractivity contribution is -0.146. The molecule has 2 aromatic carbocycles. The van der Waals surface area contributed by atoms with Crippen molar-refractivity contribution in [3.63, 3.8) is 0 Å². The van der Waals surface area contributed by atoms with Crippen molar-refractivity contribution in [1.29, 1.82) is 0 Å². The first-order valence-electron chi connectivity index (χ1n) is 11.5. The number of carbonyl (C=O) groups is 1. The van der Waals surface area contributed by atoms with Crippen LogP contribution in [0.5, 0.6) is 5.75 Å². The van der Waals surface area contributed by atoms with Crippen molar-refractivity contribution in [3.05, 3.63) is 77.6 Å². The first kappa shape index (κ1) is 24.3. The fraction of sp³-hybridized carbons (Fsp3) is 0.385. The molecule has 0 bridgehead atoms. The van der Waals surface area contributed by atoms with Crippen LogP contribution in [0.25, 0.3) is 5.69 Å². The van der Waals surface area contributed by atoms with E-state index < -0.39 is 41.2 Å². The van der Waals surface area contributed by atoms with E-state index in [0.717, 1.165) is 10.8 Å². The Morgan fingerprint density at radius 3 is 2.64 bits per heavy atom. The maximum atomic E-state index is 13.6. The quantitative estimate of drug-likeness (QED) is 0.461. The van der Waals surface area contributed by atoms with Gasteiger partial charge in [0, 0.05) is 35.5 Å². The molecule has 1 saturated heterocycles. The number of alkyl halides is 3. The number of aliphatic carboxylic acids is 1. The molecule has 0 radical (unpaired) electrons. The first-order valence-corrected chi connectivity index (χ1v) is 11.5. The van der Waals surface area contributed by atoms with E-state index in [1.165, 1.54) is 31.5 Å². The number of hydrogen-bond acceptors (Lipinski definition) is 4. The van der Waals surface area contributed by atoms with Gasteiger partial charge in [-0.3, -0.25) is 9.36 Å². The fourth-order valence-corrected chi connectivity index (χ4v) is 5.87. The summed E-state index contributed by atoms with van der Waals surface area (Å²) in [5, 5.41) is 9.89. The van der Waals surface area contributed by atoms with Crippen molar-refractivity contribution < 1.29 is 36.9 Å². The molecule has 2 fully saturated rings. The summed E-state index contributed by atoms with van der Waals surface area (Å²) >= 11 is 0. The van der Waals surface area contributed by atoms with Gasteiger partial charge in [-0.2, -0.15) is 13.2 Å². The van der Waals surface area contributed by atoms with Crippen LogP contribution in [0.3, 0.4) is 0 Å². The molecule has 5 rings (SSSR count). The average Bonchev–Trinajstić information content (AvgIpc) is 3.58. The molecule has 36 heavy (non-hydrogen) atoms. The number of halogens is 4. The van der Waals surface area contributed by atoms with Gasteiger partial charge in [0.15, 0.2) is 0 Å². The number of ether oxygens (including phenoxy) is 2. The monoisotopic (exact) mass is 504 g/mol. The predicted molar refractivity (Wildman–Crippen MR) is 121 cm³/mol. The van der Waals surface area contributed by atoms with Crippen molar-refractivity contribution >= 4 is 5.97 Å². The summed E-state index contributed by atoms with van der Waals surface area (Å²) in [4.78, 5) is 15.5. The molecule has 4 atom stereocenters. The molecule has 1 aliphatic carbocycles. The van der Waals surface area contributed by atoms with E-state index in [-0.39, 0.29) is 18.2 Å². The largest absolute Gasteiger partial charge is 0.496 e. The minimum atomic E-state index is -4.62. The summed E-state index contributed by atoms with van der Waals surface area (Å²) < 4.78 is 66.8. The van der Waals surface area contributed by atoms with Crippen LogP contribution in [0, 0.1) is 11.7 Å². The van der Waals surface area contributed by atoms with Gasteiger partial charge in [-0.25, -0.2) is 9.37 Å². The highest BCUT2D eigenvalue weighted by atomic mass is 19.4. The fourth-order valence-electron chi connectivity index (χ4n) is 5.87. The number of carboxylic acids is 1. The van der Waals surface area contributed by atoms with Crippen molar-refractivity contribution in [3.8, 4) is 11.4 Å². The van der Waals surface area contributed by atoms with E-state index in [9.17, 15) is 27.5 Å². The second-order valence-corrected chi connectivity index (χ2v) is 9.33. The van der Waals surface area contributed by atoms with Gasteiger partial charge in [-0.05, 0) is 55.2 Å². The molecule has 1 saturated carbocycles.